The largest absolute Gasteiger partial charge is 0.482 e. The molecule has 0 fully saturated rings. The number of benzene rings is 2. The van der Waals surface area contributed by atoms with Gasteiger partial charge in [-0.1, -0.05) is 41.7 Å². The van der Waals surface area contributed by atoms with Crippen molar-refractivity contribution in [3.05, 3.63) is 66.0 Å². The van der Waals surface area contributed by atoms with Crippen molar-refractivity contribution in [2.45, 2.75) is 25.7 Å². The third-order valence-corrected chi connectivity index (χ3v) is 5.25. The van der Waals surface area contributed by atoms with Crippen molar-refractivity contribution in [2.24, 2.45) is 4.99 Å². The van der Waals surface area contributed by atoms with Gasteiger partial charge >= 0.3 is 0 Å². The number of carbonyl (C=O) groups is 1. The van der Waals surface area contributed by atoms with E-state index in [0.29, 0.717) is 22.8 Å². The molecule has 1 aromatic heterocycles. The highest BCUT2D eigenvalue weighted by atomic mass is 32.1. The molecule has 0 spiro atoms. The van der Waals surface area contributed by atoms with Crippen LogP contribution in [0.15, 0.2) is 66.2 Å². The zero-order chi connectivity index (χ0) is 18.1. The first-order chi connectivity index (χ1) is 12.7. The average molecular weight is 366 g/mol. The maximum Gasteiger partial charge on any atom is 0.293 e. The second-order valence-corrected chi connectivity index (χ2v) is 7.02. The average Bonchev–Trinajstić information content (AvgIpc) is 2.99. The summed E-state index contributed by atoms with van der Waals surface area (Å²) in [6.07, 6.45) is 0.609. The molecule has 1 aliphatic heterocycles. The van der Waals surface area contributed by atoms with Gasteiger partial charge in [0.15, 0.2) is 16.3 Å². The molecule has 2 aromatic carbocycles. The maximum absolute atomic E-state index is 12.8. The van der Waals surface area contributed by atoms with Gasteiger partial charge in [0, 0.05) is 6.54 Å². The Hall–Kier alpha value is -2.86. The predicted octanol–water partition coefficient (Wildman–Crippen LogP) is 3.54. The standard InChI is InChI=1S/C20H18N2O3S/c1-3-12-22-14-8-4-7-11-17(14)26-20(22)21-19(23)18-13(2)24-15-9-5-6-10-16(15)25-18/h3-11,13,18H,1,12H2,2H3. The fourth-order valence-electron chi connectivity index (χ4n) is 2.96. The van der Waals surface area contributed by atoms with Crippen molar-refractivity contribution >= 4 is 27.5 Å². The number of allylic oxidation sites excluding steroid dienone is 1. The van der Waals surface area contributed by atoms with E-state index in [4.69, 9.17) is 9.47 Å². The molecule has 4 rings (SSSR count). The SMILES string of the molecule is C=CCn1c(=NC(=O)C2Oc3ccccc3OC2C)sc2ccccc21. The molecule has 1 aliphatic rings. The van der Waals surface area contributed by atoms with Crippen LogP contribution in [0.1, 0.15) is 6.92 Å². The fourth-order valence-corrected chi connectivity index (χ4v) is 4.01. The molecular formula is C20H18N2O3S. The molecule has 132 valence electrons. The fraction of sp³-hybridized carbons (Fsp3) is 0.200. The molecule has 0 aliphatic carbocycles. The highest BCUT2D eigenvalue weighted by Gasteiger charge is 2.34. The summed E-state index contributed by atoms with van der Waals surface area (Å²) in [7, 11) is 0. The highest BCUT2D eigenvalue weighted by Crippen LogP contribution is 2.33. The van der Waals surface area contributed by atoms with Crippen LogP contribution in [0.2, 0.25) is 0 Å². The molecule has 26 heavy (non-hydrogen) atoms. The molecule has 0 N–H and O–H groups in total. The lowest BCUT2D eigenvalue weighted by atomic mass is 10.1. The minimum atomic E-state index is -0.771. The van der Waals surface area contributed by atoms with Gasteiger partial charge in [-0.3, -0.25) is 4.79 Å². The van der Waals surface area contributed by atoms with E-state index in [2.05, 4.69) is 11.6 Å². The van der Waals surface area contributed by atoms with Crippen molar-refractivity contribution in [3.63, 3.8) is 0 Å². The molecule has 0 saturated heterocycles. The van der Waals surface area contributed by atoms with E-state index >= 15 is 0 Å². The zero-order valence-corrected chi connectivity index (χ0v) is 15.1. The molecule has 0 saturated carbocycles. The quantitative estimate of drug-likeness (QED) is 0.666. The molecule has 2 unspecified atom stereocenters. The van der Waals surface area contributed by atoms with Crippen LogP contribution in [-0.2, 0) is 11.3 Å². The zero-order valence-electron chi connectivity index (χ0n) is 14.3. The number of hydrogen-bond acceptors (Lipinski definition) is 4. The summed E-state index contributed by atoms with van der Waals surface area (Å²) in [6, 6.07) is 15.3. The summed E-state index contributed by atoms with van der Waals surface area (Å²) in [5.41, 5.74) is 1.03. The van der Waals surface area contributed by atoms with E-state index in [9.17, 15) is 4.79 Å². The van der Waals surface area contributed by atoms with E-state index in [1.165, 1.54) is 11.3 Å². The monoisotopic (exact) mass is 366 g/mol. The number of ether oxygens (including phenoxy) is 2. The highest BCUT2D eigenvalue weighted by molar-refractivity contribution is 7.16. The van der Waals surface area contributed by atoms with Gasteiger partial charge in [0.2, 0.25) is 6.10 Å². The van der Waals surface area contributed by atoms with Crippen molar-refractivity contribution in [1.82, 2.24) is 4.57 Å². The number of amides is 1. The topological polar surface area (TPSA) is 52.8 Å². The van der Waals surface area contributed by atoms with E-state index in [0.717, 1.165) is 10.2 Å². The van der Waals surface area contributed by atoms with Crippen LogP contribution in [0.4, 0.5) is 0 Å². The number of carbonyl (C=O) groups excluding carboxylic acids is 1. The van der Waals surface area contributed by atoms with Gasteiger partial charge < -0.3 is 14.0 Å². The summed E-state index contributed by atoms with van der Waals surface area (Å²) in [5.74, 6) is 0.860. The first-order valence-corrected chi connectivity index (χ1v) is 9.19. The minimum Gasteiger partial charge on any atom is -0.482 e. The van der Waals surface area contributed by atoms with Crippen LogP contribution < -0.4 is 14.3 Å². The third kappa shape index (κ3) is 2.93. The molecule has 2 heterocycles. The molecule has 3 aromatic rings. The molecule has 2 atom stereocenters. The van der Waals surface area contributed by atoms with Crippen molar-refractivity contribution in [3.8, 4) is 11.5 Å². The van der Waals surface area contributed by atoms with E-state index < -0.39 is 12.2 Å². The molecule has 0 bridgehead atoms. The number of para-hydroxylation sites is 3. The predicted molar refractivity (Wildman–Crippen MR) is 102 cm³/mol. The second kappa shape index (κ2) is 6.80. The Morgan fingerprint density at radius 3 is 2.65 bits per heavy atom. The summed E-state index contributed by atoms with van der Waals surface area (Å²) < 4.78 is 14.7. The lowest BCUT2D eigenvalue weighted by Crippen LogP contribution is -2.43. The summed E-state index contributed by atoms with van der Waals surface area (Å²) in [6.45, 7) is 6.20. The van der Waals surface area contributed by atoms with Crippen molar-refractivity contribution in [2.75, 3.05) is 0 Å². The van der Waals surface area contributed by atoms with E-state index in [1.54, 1.807) is 12.1 Å². The Morgan fingerprint density at radius 2 is 1.88 bits per heavy atom. The summed E-state index contributed by atoms with van der Waals surface area (Å²) in [4.78, 5) is 17.8. The molecule has 0 radical (unpaired) electrons. The molecule has 5 nitrogen and oxygen atoms in total. The Morgan fingerprint density at radius 1 is 1.19 bits per heavy atom. The Kier molecular flexibility index (Phi) is 4.34. The van der Waals surface area contributed by atoms with Crippen LogP contribution >= 0.6 is 11.3 Å². The Bertz CT molecular complexity index is 1050. The van der Waals surface area contributed by atoms with Crippen LogP contribution in [-0.4, -0.2) is 22.7 Å². The van der Waals surface area contributed by atoms with Crippen LogP contribution in [0.5, 0.6) is 11.5 Å². The minimum absolute atomic E-state index is 0.351. The van der Waals surface area contributed by atoms with Crippen LogP contribution in [0, 0.1) is 0 Å². The first-order valence-electron chi connectivity index (χ1n) is 8.37. The van der Waals surface area contributed by atoms with Crippen molar-refractivity contribution < 1.29 is 14.3 Å². The van der Waals surface area contributed by atoms with Gasteiger partial charge in [-0.2, -0.15) is 4.99 Å². The lowest BCUT2D eigenvalue weighted by molar-refractivity contribution is -0.130. The molecular weight excluding hydrogens is 348 g/mol. The van der Waals surface area contributed by atoms with Crippen molar-refractivity contribution in [1.29, 1.82) is 0 Å². The number of fused-ring (bicyclic) bond motifs is 2. The second-order valence-electron chi connectivity index (χ2n) is 6.01. The number of thiazole rings is 1. The van der Waals surface area contributed by atoms with Gasteiger partial charge in [-0.05, 0) is 31.2 Å². The number of rotatable bonds is 3. The van der Waals surface area contributed by atoms with Gasteiger partial charge in [-0.15, -0.1) is 6.58 Å². The first kappa shape index (κ1) is 16.6. The number of aromatic nitrogens is 1. The smallest absolute Gasteiger partial charge is 0.293 e. The maximum atomic E-state index is 12.8. The molecule has 1 amide bonds. The normalized spacial score (nSPS) is 19.5. The summed E-state index contributed by atoms with van der Waals surface area (Å²) in [5, 5.41) is 0. The van der Waals surface area contributed by atoms with Crippen LogP contribution in [0.3, 0.4) is 0 Å². The summed E-state index contributed by atoms with van der Waals surface area (Å²) >= 11 is 1.47. The lowest BCUT2D eigenvalue weighted by Gasteiger charge is -2.29. The van der Waals surface area contributed by atoms with E-state index in [1.807, 2.05) is 54.0 Å². The van der Waals surface area contributed by atoms with Gasteiger partial charge in [0.05, 0.1) is 10.2 Å². The number of nitrogens with zero attached hydrogens (tertiary/aromatic N) is 2. The number of hydrogen-bond donors (Lipinski definition) is 0. The van der Waals surface area contributed by atoms with Gasteiger partial charge in [0.1, 0.15) is 6.10 Å². The molecule has 6 heteroatoms. The third-order valence-electron chi connectivity index (χ3n) is 4.19. The van der Waals surface area contributed by atoms with E-state index in [-0.39, 0.29) is 5.91 Å². The van der Waals surface area contributed by atoms with Gasteiger partial charge in [-0.25, -0.2) is 0 Å². The Labute approximate surface area is 154 Å². The Balaban J connectivity index is 1.72. The van der Waals surface area contributed by atoms with Crippen LogP contribution in [0.25, 0.3) is 10.2 Å². The van der Waals surface area contributed by atoms with Gasteiger partial charge in [0.25, 0.3) is 5.91 Å².